The van der Waals surface area contributed by atoms with Crippen LogP contribution in [0.2, 0.25) is 0 Å². The maximum Gasteiger partial charge on any atom is 0.112 e. The van der Waals surface area contributed by atoms with Gasteiger partial charge in [0.15, 0.2) is 0 Å². The fraction of sp³-hybridized carbons (Fsp3) is 0.500. The maximum atomic E-state index is 5.39. The summed E-state index contributed by atoms with van der Waals surface area (Å²) in [6.45, 7) is 9.21. The summed E-state index contributed by atoms with van der Waals surface area (Å²) in [6, 6.07) is 0. The Labute approximate surface area is 61.6 Å². The quantitative estimate of drug-likeness (QED) is 0.466. The molecule has 1 fully saturated rings. The van der Waals surface area contributed by atoms with Crippen LogP contribution in [0.15, 0.2) is 25.0 Å². The molecule has 0 aromatic rings. The molecule has 0 amide bonds. The van der Waals surface area contributed by atoms with Gasteiger partial charge in [0.2, 0.25) is 0 Å². The second-order valence-electron chi connectivity index (χ2n) is 2.40. The van der Waals surface area contributed by atoms with E-state index in [2.05, 4.69) is 18.5 Å². The topological polar surface area (TPSA) is 21.3 Å². The van der Waals surface area contributed by atoms with E-state index in [-0.39, 0.29) is 0 Å². The fourth-order valence-corrected chi connectivity index (χ4v) is 0.991. The average molecular weight is 139 g/mol. The number of hydrogen-bond donors (Lipinski definition) is 1. The van der Waals surface area contributed by atoms with Gasteiger partial charge in [-0.05, 0) is 19.0 Å². The fourth-order valence-electron chi connectivity index (χ4n) is 0.991. The van der Waals surface area contributed by atoms with Gasteiger partial charge in [-0.25, -0.2) is 0 Å². The summed E-state index contributed by atoms with van der Waals surface area (Å²) >= 11 is 0. The first-order chi connectivity index (χ1) is 4.83. The third-order valence-corrected chi connectivity index (χ3v) is 1.56. The Morgan fingerprint density at radius 2 is 2.50 bits per heavy atom. The standard InChI is InChI=1S/C8H13NO/c1-3-7(2)10-8-4-5-9-6-8/h3,8-9H,1-2,4-6H2. The smallest absolute Gasteiger partial charge is 0.112 e. The molecule has 0 aliphatic carbocycles. The highest BCUT2D eigenvalue weighted by atomic mass is 16.5. The van der Waals surface area contributed by atoms with E-state index >= 15 is 0 Å². The Morgan fingerprint density at radius 3 is 3.00 bits per heavy atom. The highest BCUT2D eigenvalue weighted by molar-refractivity contribution is 5.02. The minimum atomic E-state index is 0.311. The molecule has 0 saturated carbocycles. The highest BCUT2D eigenvalue weighted by Gasteiger charge is 2.14. The first-order valence-electron chi connectivity index (χ1n) is 3.51. The molecular formula is C8H13NO. The summed E-state index contributed by atoms with van der Waals surface area (Å²) in [5.74, 6) is 0.675. The van der Waals surface area contributed by atoms with Crippen molar-refractivity contribution in [2.75, 3.05) is 13.1 Å². The summed E-state index contributed by atoms with van der Waals surface area (Å²) in [4.78, 5) is 0. The van der Waals surface area contributed by atoms with Crippen molar-refractivity contribution in [2.24, 2.45) is 0 Å². The van der Waals surface area contributed by atoms with Gasteiger partial charge in [-0.15, -0.1) is 0 Å². The van der Waals surface area contributed by atoms with Crippen LogP contribution in [0.25, 0.3) is 0 Å². The summed E-state index contributed by atoms with van der Waals surface area (Å²) in [5, 5.41) is 3.20. The molecule has 0 spiro atoms. The van der Waals surface area contributed by atoms with Crippen molar-refractivity contribution in [1.29, 1.82) is 0 Å². The summed E-state index contributed by atoms with van der Waals surface area (Å²) in [6.07, 6.45) is 3.02. The van der Waals surface area contributed by atoms with E-state index in [1.54, 1.807) is 6.08 Å². The molecule has 10 heavy (non-hydrogen) atoms. The van der Waals surface area contributed by atoms with Crippen LogP contribution in [-0.4, -0.2) is 19.2 Å². The molecule has 0 aromatic heterocycles. The summed E-state index contributed by atoms with van der Waals surface area (Å²) in [5.41, 5.74) is 0. The number of nitrogens with one attached hydrogen (secondary N) is 1. The molecule has 56 valence electrons. The largest absolute Gasteiger partial charge is 0.490 e. The predicted octanol–water partition coefficient (Wildman–Crippen LogP) is 1.06. The molecule has 1 aliphatic heterocycles. The van der Waals surface area contributed by atoms with Crippen molar-refractivity contribution < 1.29 is 4.74 Å². The predicted molar refractivity (Wildman–Crippen MR) is 41.7 cm³/mol. The Kier molecular flexibility index (Phi) is 2.51. The molecule has 2 nitrogen and oxygen atoms in total. The van der Waals surface area contributed by atoms with E-state index in [1.165, 1.54) is 0 Å². The van der Waals surface area contributed by atoms with Crippen LogP contribution in [0.5, 0.6) is 0 Å². The van der Waals surface area contributed by atoms with Crippen LogP contribution < -0.4 is 5.32 Å². The van der Waals surface area contributed by atoms with Gasteiger partial charge in [0.25, 0.3) is 0 Å². The minimum absolute atomic E-state index is 0.311. The molecule has 1 heterocycles. The lowest BCUT2D eigenvalue weighted by atomic mass is 10.3. The maximum absolute atomic E-state index is 5.39. The van der Waals surface area contributed by atoms with Crippen LogP contribution in [-0.2, 0) is 4.74 Å². The van der Waals surface area contributed by atoms with E-state index in [4.69, 9.17) is 4.74 Å². The number of ether oxygens (including phenoxy) is 1. The van der Waals surface area contributed by atoms with Crippen molar-refractivity contribution in [1.82, 2.24) is 5.32 Å². The van der Waals surface area contributed by atoms with Crippen molar-refractivity contribution in [3.63, 3.8) is 0 Å². The van der Waals surface area contributed by atoms with Gasteiger partial charge in [-0.2, -0.15) is 0 Å². The lowest BCUT2D eigenvalue weighted by molar-refractivity contribution is 0.143. The van der Waals surface area contributed by atoms with Gasteiger partial charge in [-0.1, -0.05) is 13.2 Å². The van der Waals surface area contributed by atoms with E-state index in [0.717, 1.165) is 19.5 Å². The van der Waals surface area contributed by atoms with Gasteiger partial charge in [-0.3, -0.25) is 0 Å². The number of allylic oxidation sites excluding steroid dienone is 1. The van der Waals surface area contributed by atoms with Crippen LogP contribution >= 0.6 is 0 Å². The van der Waals surface area contributed by atoms with E-state index in [9.17, 15) is 0 Å². The second kappa shape index (κ2) is 3.42. The zero-order valence-electron chi connectivity index (χ0n) is 6.10. The second-order valence-corrected chi connectivity index (χ2v) is 2.40. The van der Waals surface area contributed by atoms with Crippen LogP contribution in [0.4, 0.5) is 0 Å². The van der Waals surface area contributed by atoms with Gasteiger partial charge in [0.05, 0.1) is 0 Å². The van der Waals surface area contributed by atoms with Crippen molar-refractivity contribution in [2.45, 2.75) is 12.5 Å². The van der Waals surface area contributed by atoms with E-state index < -0.39 is 0 Å². The molecule has 1 saturated heterocycles. The first-order valence-corrected chi connectivity index (χ1v) is 3.51. The van der Waals surface area contributed by atoms with Gasteiger partial charge in [0, 0.05) is 6.54 Å². The molecule has 1 N–H and O–H groups in total. The van der Waals surface area contributed by atoms with Crippen LogP contribution in [0.1, 0.15) is 6.42 Å². The van der Waals surface area contributed by atoms with E-state index in [0.29, 0.717) is 11.9 Å². The van der Waals surface area contributed by atoms with Crippen molar-refractivity contribution in [3.8, 4) is 0 Å². The van der Waals surface area contributed by atoms with Gasteiger partial charge >= 0.3 is 0 Å². The summed E-state index contributed by atoms with van der Waals surface area (Å²) in [7, 11) is 0. The summed E-state index contributed by atoms with van der Waals surface area (Å²) < 4.78 is 5.39. The average Bonchev–Trinajstić information content (AvgIpc) is 2.40. The molecule has 0 aromatic carbocycles. The molecule has 0 radical (unpaired) electrons. The zero-order chi connectivity index (χ0) is 7.40. The highest BCUT2D eigenvalue weighted by Crippen LogP contribution is 2.07. The molecule has 0 bridgehead atoms. The monoisotopic (exact) mass is 139 g/mol. The third-order valence-electron chi connectivity index (χ3n) is 1.56. The molecule has 2 heteroatoms. The Bertz CT molecular complexity index is 136. The first kappa shape index (κ1) is 7.35. The molecular weight excluding hydrogens is 126 g/mol. The lowest BCUT2D eigenvalue weighted by Crippen LogP contribution is -2.15. The normalized spacial score (nSPS) is 24.2. The molecule has 1 atom stereocenters. The lowest BCUT2D eigenvalue weighted by Gasteiger charge is -2.10. The van der Waals surface area contributed by atoms with E-state index in [1.807, 2.05) is 0 Å². The van der Waals surface area contributed by atoms with Crippen molar-refractivity contribution in [3.05, 3.63) is 25.0 Å². The van der Waals surface area contributed by atoms with Crippen molar-refractivity contribution >= 4 is 0 Å². The van der Waals surface area contributed by atoms with Gasteiger partial charge < -0.3 is 10.1 Å². The molecule has 1 rings (SSSR count). The van der Waals surface area contributed by atoms with Crippen LogP contribution in [0, 0.1) is 0 Å². The zero-order valence-corrected chi connectivity index (χ0v) is 6.10. The Morgan fingerprint density at radius 1 is 1.70 bits per heavy atom. The van der Waals surface area contributed by atoms with Gasteiger partial charge in [0.1, 0.15) is 11.9 Å². The Balaban J connectivity index is 2.23. The Hall–Kier alpha value is -0.760. The number of rotatable bonds is 3. The minimum Gasteiger partial charge on any atom is -0.490 e. The number of hydrogen-bond acceptors (Lipinski definition) is 2. The molecule has 1 aliphatic rings. The van der Waals surface area contributed by atoms with Crippen LogP contribution in [0.3, 0.4) is 0 Å². The SMILES string of the molecule is C=CC(=C)OC1CCNC1. The third kappa shape index (κ3) is 1.88. The molecule has 1 unspecified atom stereocenters.